The Bertz CT molecular complexity index is 2340. The summed E-state index contributed by atoms with van der Waals surface area (Å²) < 4.78 is 103. The summed E-state index contributed by atoms with van der Waals surface area (Å²) in [5.41, 5.74) is 0. The van der Waals surface area contributed by atoms with Gasteiger partial charge in [0.2, 0.25) is 17.7 Å². The van der Waals surface area contributed by atoms with E-state index in [-0.39, 0.29) is 0 Å². The van der Waals surface area contributed by atoms with Gasteiger partial charge in [0.15, 0.2) is 31.5 Å². The summed E-state index contributed by atoms with van der Waals surface area (Å²) in [4.78, 5) is 50.9. The van der Waals surface area contributed by atoms with E-state index >= 15 is 0 Å². The lowest BCUT2D eigenvalue weighted by Crippen LogP contribution is -2.72. The summed E-state index contributed by atoms with van der Waals surface area (Å²) in [5.74, 6) is -8.28. The number of hydrogen-bond acceptors (Lipinski definition) is 34. The van der Waals surface area contributed by atoms with Crippen molar-refractivity contribution in [3.63, 3.8) is 0 Å². The number of ether oxygens (including phenoxy) is 11. The third-order valence-electron chi connectivity index (χ3n) is 14.8. The van der Waals surface area contributed by atoms with Crippen molar-refractivity contribution < 1.29 is 175 Å². The average Bonchev–Trinajstić information content (AvgIpc) is 1.87. The van der Waals surface area contributed by atoms with Gasteiger partial charge in [-0.3, -0.25) is 18.9 Å². The molecule has 6 heterocycles. The van der Waals surface area contributed by atoms with Gasteiger partial charge in [0.05, 0.1) is 51.3 Å². The van der Waals surface area contributed by atoms with Gasteiger partial charge in [0.1, 0.15) is 134 Å². The van der Waals surface area contributed by atoms with Gasteiger partial charge in [0.25, 0.3) is 5.79 Å². The van der Waals surface area contributed by atoms with Crippen LogP contribution in [-0.4, -0.2) is 346 Å². The Hall–Kier alpha value is -3.33. The minimum absolute atomic E-state index is 0.821. The molecular formula is C45H75N3O36S. The van der Waals surface area contributed by atoms with Gasteiger partial charge >= 0.3 is 16.4 Å². The van der Waals surface area contributed by atoms with Gasteiger partial charge in [-0.05, 0) is 6.92 Å². The third-order valence-corrected chi connectivity index (χ3v) is 15.2. The van der Waals surface area contributed by atoms with E-state index in [0.717, 1.165) is 20.8 Å². The Morgan fingerprint density at radius 3 is 1.54 bits per heavy atom. The molecule has 85 heavy (non-hydrogen) atoms. The predicted molar refractivity (Wildman–Crippen MR) is 260 cm³/mol. The van der Waals surface area contributed by atoms with Gasteiger partial charge in [-0.1, -0.05) is 0 Å². The van der Waals surface area contributed by atoms with Crippen LogP contribution in [0.4, 0.5) is 0 Å². The lowest BCUT2D eigenvalue weighted by molar-refractivity contribution is -0.398. The monoisotopic (exact) mass is 1270 g/mol. The smallest absolute Gasteiger partial charge is 0.397 e. The Balaban J connectivity index is 1.44. The predicted octanol–water partition coefficient (Wildman–Crippen LogP) is -13.6. The van der Waals surface area contributed by atoms with E-state index in [2.05, 4.69) is 20.1 Å². The van der Waals surface area contributed by atoms with E-state index in [4.69, 9.17) is 52.1 Å². The zero-order valence-electron chi connectivity index (χ0n) is 45.4. The zero-order chi connectivity index (χ0) is 63.5. The minimum Gasteiger partial charge on any atom is -0.477 e. The molecule has 0 aromatic carbocycles. The van der Waals surface area contributed by atoms with Crippen molar-refractivity contribution in [3.8, 4) is 0 Å². The Kier molecular flexibility index (Phi) is 24.6. The molecule has 6 saturated heterocycles. The van der Waals surface area contributed by atoms with Crippen LogP contribution in [0.5, 0.6) is 0 Å². The highest BCUT2D eigenvalue weighted by atomic mass is 32.3. The fraction of sp³-hybridized carbons (Fsp3) is 0.911. The number of rotatable bonds is 23. The van der Waals surface area contributed by atoms with Crippen LogP contribution in [0.15, 0.2) is 0 Å². The molecule has 6 aliphatic rings. The maximum Gasteiger partial charge on any atom is 0.397 e. The number of carboxylic acids is 1. The summed E-state index contributed by atoms with van der Waals surface area (Å²) in [6.07, 6.45) is -59.5. The van der Waals surface area contributed by atoms with Gasteiger partial charge in [-0.2, -0.15) is 8.42 Å². The SMILES string of the molecule is CC(=O)N[C@@H]1[C@@H](O[C@@H]2O[C@H](CO)[C@H](O)[C@H](O[C@@H]3O[C@H](COS(=O)(=O)O)[C@@H](O[C@@H]4O[C@H](CO)[C@@H](O)[C@H](O[C@]5(C(=O)O)C[C@H](O)[C@@H](NC(C)=O)[C@H]([C@H](O)[C@H](O)CO)O5)[C@H]4O)[C@H](O[C@@H]4O[C@@H](C)[C@@H](O)[C@@H](O)[C@@H]4O)[C@H]3NC(C)=O)[C@H]2O)[C@@H](O)[C@@H](CO)O[C@@H]1O. The second-order valence-electron chi connectivity index (χ2n) is 20.9. The summed E-state index contributed by atoms with van der Waals surface area (Å²) in [6.45, 7) is -2.05. The maximum atomic E-state index is 13.3. The van der Waals surface area contributed by atoms with Crippen molar-refractivity contribution in [2.45, 2.75) is 224 Å². The molecule has 40 heteroatoms. The van der Waals surface area contributed by atoms with Crippen LogP contribution < -0.4 is 16.0 Å². The normalized spacial score (nSPS) is 45.2. The molecule has 0 saturated carbocycles. The van der Waals surface area contributed by atoms with Crippen molar-refractivity contribution in [2.75, 3.05) is 33.0 Å². The number of carbonyl (C=O) groups excluding carboxylic acids is 3. The van der Waals surface area contributed by atoms with E-state index in [1.54, 1.807) is 0 Å². The van der Waals surface area contributed by atoms with Crippen molar-refractivity contribution >= 4 is 34.1 Å². The molecule has 6 rings (SSSR count). The molecular weight excluding hydrogens is 1190 g/mol. The van der Waals surface area contributed by atoms with E-state index in [0.29, 0.717) is 0 Å². The first-order chi connectivity index (χ1) is 39.7. The zero-order valence-corrected chi connectivity index (χ0v) is 46.2. The van der Waals surface area contributed by atoms with E-state index in [1.165, 1.54) is 6.92 Å². The van der Waals surface area contributed by atoms with Crippen LogP contribution >= 0.6 is 0 Å². The van der Waals surface area contributed by atoms with Crippen LogP contribution in [0.25, 0.3) is 0 Å². The summed E-state index contributed by atoms with van der Waals surface area (Å²) in [5, 5.41) is 192. The Morgan fingerprint density at radius 1 is 0.553 bits per heavy atom. The molecule has 492 valence electrons. The van der Waals surface area contributed by atoms with Gasteiger partial charge in [-0.15, -0.1) is 0 Å². The maximum absolute atomic E-state index is 13.3. The molecule has 0 bridgehead atoms. The fourth-order valence-electron chi connectivity index (χ4n) is 10.5. The standard InChI is InChI=1S/C45H75N3O36S/c1-11-24(58)29(63)30(64)41(74-11)81-36-23(48-14(4)55)40(82-37-27(61)18(8-51)76-42(31(37)65)80-34-22(47-13(3)54)39(67)75-17(7-50)26(34)60)78-20(10-73-85(70,71)72)33(36)79-43-32(66)38(28(62)19(9-52)77-43)84-45(44(68)69)5-15(56)21(46-12(2)53)35(83-45)25(59)16(57)6-49/h11,15-43,49-52,56-67H,5-10H2,1-4H3,(H,46,53)(H,47,54)(H,48,55)(H,68,69)(H,70,71,72)/t11-,15-,16+,17+,18+,19+,20+,21+,22+,23+,24+,25+,26-,27-,28+,29+,30-,31+,32+,33+,34+,35+,36+,37-,38-,39-,40-,41-,42-,43-,45-/m0/s1. The number of amides is 3. The lowest BCUT2D eigenvalue weighted by Gasteiger charge is -2.52. The summed E-state index contributed by atoms with van der Waals surface area (Å²) in [7, 11) is -5.58. The van der Waals surface area contributed by atoms with Gasteiger partial charge in [0, 0.05) is 27.2 Å². The highest BCUT2D eigenvalue weighted by Crippen LogP contribution is 2.41. The van der Waals surface area contributed by atoms with Crippen molar-refractivity contribution in [1.29, 1.82) is 0 Å². The lowest BCUT2D eigenvalue weighted by atomic mass is 9.88. The quantitative estimate of drug-likeness (QED) is 0.0422. The first-order valence-corrected chi connectivity index (χ1v) is 27.6. The number of hydrogen-bond donors (Lipinski definition) is 21. The average molecular weight is 1270 g/mol. The first kappa shape index (κ1) is 70.8. The molecule has 0 spiro atoms. The van der Waals surface area contributed by atoms with Gasteiger partial charge in [-0.25, -0.2) is 8.98 Å². The van der Waals surface area contributed by atoms with Crippen molar-refractivity contribution in [2.24, 2.45) is 0 Å². The molecule has 0 unspecified atom stereocenters. The molecule has 21 N–H and O–H groups in total. The third kappa shape index (κ3) is 16.2. The molecule has 6 aliphatic heterocycles. The van der Waals surface area contributed by atoms with Crippen LogP contribution in [0.3, 0.4) is 0 Å². The Morgan fingerprint density at radius 2 is 1.01 bits per heavy atom. The summed E-state index contributed by atoms with van der Waals surface area (Å²) in [6, 6.07) is -5.57. The molecule has 0 aromatic heterocycles. The van der Waals surface area contributed by atoms with Crippen molar-refractivity contribution in [3.05, 3.63) is 0 Å². The van der Waals surface area contributed by atoms with Crippen LogP contribution in [-0.2, 0) is 85.9 Å². The number of aliphatic hydroxyl groups excluding tert-OH is 16. The highest BCUT2D eigenvalue weighted by molar-refractivity contribution is 7.80. The topological polar surface area (TPSA) is 613 Å². The number of aliphatic hydroxyl groups is 16. The number of aliphatic carboxylic acids is 1. The van der Waals surface area contributed by atoms with Crippen LogP contribution in [0, 0.1) is 0 Å². The van der Waals surface area contributed by atoms with Crippen molar-refractivity contribution in [1.82, 2.24) is 16.0 Å². The second-order valence-corrected chi connectivity index (χ2v) is 22.0. The first-order valence-electron chi connectivity index (χ1n) is 26.2. The molecule has 0 radical (unpaired) electrons. The largest absolute Gasteiger partial charge is 0.477 e. The number of carbonyl (C=O) groups is 4. The summed E-state index contributed by atoms with van der Waals surface area (Å²) >= 11 is 0. The Labute approximate surface area is 481 Å². The molecule has 31 atom stereocenters. The van der Waals surface area contributed by atoms with Crippen LogP contribution in [0.2, 0.25) is 0 Å². The molecule has 3 amide bonds. The van der Waals surface area contributed by atoms with E-state index in [1.807, 2.05) is 0 Å². The minimum atomic E-state index is -5.58. The molecule has 6 fully saturated rings. The fourth-order valence-corrected chi connectivity index (χ4v) is 10.8. The van der Waals surface area contributed by atoms with E-state index in [9.17, 15) is 119 Å². The molecule has 39 nitrogen and oxygen atoms in total. The van der Waals surface area contributed by atoms with E-state index < -0.39 is 263 Å². The molecule has 0 aromatic rings. The highest BCUT2D eigenvalue weighted by Gasteiger charge is 2.62. The second kappa shape index (κ2) is 29.5. The van der Waals surface area contributed by atoms with Gasteiger partial charge < -0.3 is 155 Å². The molecule has 0 aliphatic carbocycles. The van der Waals surface area contributed by atoms with Crippen LogP contribution in [0.1, 0.15) is 34.1 Å². The number of nitrogens with one attached hydrogen (secondary N) is 3. The number of carboxylic acid groups (broad SMARTS) is 1.